The van der Waals surface area contributed by atoms with Gasteiger partial charge in [0, 0.05) is 25.5 Å². The van der Waals surface area contributed by atoms with Gasteiger partial charge in [0.25, 0.3) is 0 Å². The van der Waals surface area contributed by atoms with E-state index < -0.39 is 0 Å². The van der Waals surface area contributed by atoms with E-state index >= 15 is 0 Å². The maximum Gasteiger partial charge on any atom is 0.343 e. The number of carbonyl (C=O) groups is 1. The van der Waals surface area contributed by atoms with Gasteiger partial charge in [0.2, 0.25) is 0 Å². The Hall–Kier alpha value is -2.34. The fourth-order valence-corrected chi connectivity index (χ4v) is 2.59. The molecule has 6 heteroatoms. The summed E-state index contributed by atoms with van der Waals surface area (Å²) in [5.41, 5.74) is 1.36. The normalized spacial score (nSPS) is 15.3. The number of hydrogen-bond acceptors (Lipinski definition) is 5. The molecule has 1 N–H and O–H groups in total. The molecule has 1 aromatic heterocycles. The number of rotatable bonds is 5. The summed E-state index contributed by atoms with van der Waals surface area (Å²) in [6.45, 7) is 3.59. The van der Waals surface area contributed by atoms with Gasteiger partial charge in [0.1, 0.15) is 5.56 Å². The molecule has 122 valence electrons. The lowest BCUT2D eigenvalue weighted by atomic mass is 10.1. The molecule has 1 saturated heterocycles. The number of nitrogens with one attached hydrogen (secondary N) is 1. The van der Waals surface area contributed by atoms with Crippen molar-refractivity contribution in [3.63, 3.8) is 0 Å². The molecule has 1 aromatic carbocycles. The smallest absolute Gasteiger partial charge is 0.343 e. The second-order valence-electron chi connectivity index (χ2n) is 5.42. The Balaban J connectivity index is 1.88. The SMILES string of the molecule is CCOC(=O)c1cn(-c2ccccc2)nc1NC1CCOCC1. The minimum atomic E-state index is -0.357. The average Bonchev–Trinajstić information content (AvgIpc) is 3.01. The first-order valence-electron chi connectivity index (χ1n) is 7.94. The highest BCUT2D eigenvalue weighted by molar-refractivity contribution is 5.94. The number of carbonyl (C=O) groups excluding carboxylic acids is 1. The first-order chi connectivity index (χ1) is 11.3. The number of hydrogen-bond donors (Lipinski definition) is 1. The van der Waals surface area contributed by atoms with Crippen molar-refractivity contribution >= 4 is 11.8 Å². The van der Waals surface area contributed by atoms with Crippen LogP contribution in [-0.4, -0.2) is 41.6 Å². The summed E-state index contributed by atoms with van der Waals surface area (Å²) in [5, 5.41) is 7.91. The molecule has 0 amide bonds. The molecule has 0 spiro atoms. The second kappa shape index (κ2) is 7.28. The molecule has 2 heterocycles. The standard InChI is InChI=1S/C17H21N3O3/c1-2-23-17(21)15-12-20(14-6-4-3-5-7-14)19-16(15)18-13-8-10-22-11-9-13/h3-7,12-13H,2,8-11H2,1H3,(H,18,19). The molecule has 0 radical (unpaired) electrons. The van der Waals surface area contributed by atoms with E-state index in [1.807, 2.05) is 30.3 Å². The zero-order valence-corrected chi connectivity index (χ0v) is 13.2. The third-order valence-electron chi connectivity index (χ3n) is 3.79. The predicted molar refractivity (Wildman–Crippen MR) is 87.0 cm³/mol. The molecule has 2 aromatic rings. The Kier molecular flexibility index (Phi) is 4.92. The second-order valence-corrected chi connectivity index (χ2v) is 5.42. The lowest BCUT2D eigenvalue weighted by Crippen LogP contribution is -2.28. The van der Waals surface area contributed by atoms with Crippen LogP contribution < -0.4 is 5.32 Å². The summed E-state index contributed by atoms with van der Waals surface area (Å²) in [5.74, 6) is 0.212. The maximum atomic E-state index is 12.2. The Morgan fingerprint density at radius 2 is 2.09 bits per heavy atom. The zero-order chi connectivity index (χ0) is 16.1. The van der Waals surface area contributed by atoms with Crippen molar-refractivity contribution in [2.45, 2.75) is 25.8 Å². The Morgan fingerprint density at radius 1 is 1.35 bits per heavy atom. The van der Waals surface area contributed by atoms with Gasteiger partial charge in [-0.25, -0.2) is 9.48 Å². The zero-order valence-electron chi connectivity index (χ0n) is 13.2. The molecule has 6 nitrogen and oxygen atoms in total. The van der Waals surface area contributed by atoms with Gasteiger partial charge in [0.15, 0.2) is 5.82 Å². The third-order valence-corrected chi connectivity index (χ3v) is 3.79. The van der Waals surface area contributed by atoms with Crippen molar-refractivity contribution in [3.05, 3.63) is 42.1 Å². The number of nitrogens with zero attached hydrogens (tertiary/aromatic N) is 2. The van der Waals surface area contributed by atoms with Crippen LogP contribution in [0.15, 0.2) is 36.5 Å². The van der Waals surface area contributed by atoms with E-state index in [4.69, 9.17) is 9.47 Å². The van der Waals surface area contributed by atoms with Crippen LogP contribution in [0.1, 0.15) is 30.1 Å². The number of ether oxygens (including phenoxy) is 2. The highest BCUT2D eigenvalue weighted by Gasteiger charge is 2.22. The lowest BCUT2D eigenvalue weighted by molar-refractivity contribution is 0.0527. The molecular formula is C17H21N3O3. The van der Waals surface area contributed by atoms with Crippen LogP contribution in [0.3, 0.4) is 0 Å². The van der Waals surface area contributed by atoms with Crippen molar-refractivity contribution in [3.8, 4) is 5.69 Å². The molecule has 0 saturated carbocycles. The van der Waals surface area contributed by atoms with Crippen LogP contribution in [0.25, 0.3) is 5.69 Å². The lowest BCUT2D eigenvalue weighted by Gasteiger charge is -2.23. The van der Waals surface area contributed by atoms with E-state index in [2.05, 4.69) is 10.4 Å². The van der Waals surface area contributed by atoms with Gasteiger partial charge in [-0.15, -0.1) is 5.10 Å². The third kappa shape index (κ3) is 3.71. The molecule has 23 heavy (non-hydrogen) atoms. The molecule has 0 atom stereocenters. The Bertz CT molecular complexity index is 648. The van der Waals surface area contributed by atoms with Crippen LogP contribution in [0, 0.1) is 0 Å². The van der Waals surface area contributed by atoms with Gasteiger partial charge in [0.05, 0.1) is 12.3 Å². The summed E-state index contributed by atoms with van der Waals surface area (Å²) in [4.78, 5) is 12.2. The number of aromatic nitrogens is 2. The number of anilines is 1. The van der Waals surface area contributed by atoms with Crippen LogP contribution in [0.5, 0.6) is 0 Å². The number of para-hydroxylation sites is 1. The van der Waals surface area contributed by atoms with Gasteiger partial charge in [-0.3, -0.25) is 0 Å². The topological polar surface area (TPSA) is 65.4 Å². The summed E-state index contributed by atoms with van der Waals surface area (Å²) in [6, 6.07) is 9.97. The van der Waals surface area contributed by atoms with Gasteiger partial charge < -0.3 is 14.8 Å². The minimum absolute atomic E-state index is 0.260. The summed E-state index contributed by atoms with van der Waals surface area (Å²) in [7, 11) is 0. The van der Waals surface area contributed by atoms with Crippen LogP contribution in [0.2, 0.25) is 0 Å². The van der Waals surface area contributed by atoms with E-state index in [-0.39, 0.29) is 12.0 Å². The van der Waals surface area contributed by atoms with Crippen molar-refractivity contribution in [2.24, 2.45) is 0 Å². The molecule has 1 aliphatic rings. The minimum Gasteiger partial charge on any atom is -0.462 e. The molecular weight excluding hydrogens is 294 g/mol. The molecule has 3 rings (SSSR count). The summed E-state index contributed by atoms with van der Waals surface area (Å²) in [6.07, 6.45) is 3.52. The summed E-state index contributed by atoms with van der Waals surface area (Å²) >= 11 is 0. The van der Waals surface area contributed by atoms with E-state index in [0.717, 1.165) is 31.7 Å². The van der Waals surface area contributed by atoms with E-state index in [1.165, 1.54) is 0 Å². The molecule has 0 bridgehead atoms. The predicted octanol–water partition coefficient (Wildman–Crippen LogP) is 2.64. The van der Waals surface area contributed by atoms with Gasteiger partial charge in [-0.1, -0.05) is 18.2 Å². The molecule has 1 fully saturated rings. The van der Waals surface area contributed by atoms with Crippen molar-refractivity contribution < 1.29 is 14.3 Å². The first kappa shape index (κ1) is 15.6. The number of esters is 1. The summed E-state index contributed by atoms with van der Waals surface area (Å²) < 4.78 is 12.2. The highest BCUT2D eigenvalue weighted by Crippen LogP contribution is 2.21. The molecule has 0 unspecified atom stereocenters. The average molecular weight is 315 g/mol. The molecule has 0 aliphatic carbocycles. The Morgan fingerprint density at radius 3 is 2.78 bits per heavy atom. The fraction of sp³-hybridized carbons (Fsp3) is 0.412. The van der Waals surface area contributed by atoms with Crippen LogP contribution >= 0.6 is 0 Å². The monoisotopic (exact) mass is 315 g/mol. The Labute approximate surface area is 135 Å². The van der Waals surface area contributed by atoms with Gasteiger partial charge in [-0.05, 0) is 31.9 Å². The fourth-order valence-electron chi connectivity index (χ4n) is 2.59. The van der Waals surface area contributed by atoms with Crippen molar-refractivity contribution in [1.82, 2.24) is 9.78 Å². The van der Waals surface area contributed by atoms with E-state index in [0.29, 0.717) is 18.0 Å². The largest absolute Gasteiger partial charge is 0.462 e. The van der Waals surface area contributed by atoms with Crippen LogP contribution in [0.4, 0.5) is 5.82 Å². The van der Waals surface area contributed by atoms with Gasteiger partial charge in [-0.2, -0.15) is 0 Å². The first-order valence-corrected chi connectivity index (χ1v) is 7.94. The van der Waals surface area contributed by atoms with Gasteiger partial charge >= 0.3 is 5.97 Å². The quantitative estimate of drug-likeness (QED) is 0.859. The van der Waals surface area contributed by atoms with Crippen molar-refractivity contribution in [1.29, 1.82) is 0 Å². The molecule has 1 aliphatic heterocycles. The maximum absolute atomic E-state index is 12.2. The van der Waals surface area contributed by atoms with Crippen molar-refractivity contribution in [2.75, 3.05) is 25.1 Å². The number of benzene rings is 1. The van der Waals surface area contributed by atoms with Crippen LogP contribution in [-0.2, 0) is 9.47 Å². The highest BCUT2D eigenvalue weighted by atomic mass is 16.5. The van der Waals surface area contributed by atoms with E-state index in [9.17, 15) is 4.79 Å². The van der Waals surface area contributed by atoms with E-state index in [1.54, 1.807) is 17.8 Å².